The molecule has 0 saturated carbocycles. The molecule has 0 aliphatic heterocycles. The summed E-state index contributed by atoms with van der Waals surface area (Å²) < 4.78 is 24.3. The van der Waals surface area contributed by atoms with Crippen LogP contribution < -0.4 is 10.0 Å². The minimum Gasteiger partial charge on any atom is -0.354 e. The number of hydrogen-bond donors (Lipinski definition) is 2. The molecule has 0 radical (unpaired) electrons. The molecule has 1 heterocycles. The Kier molecular flexibility index (Phi) is 7.25. The molecule has 9 nitrogen and oxygen atoms in total. The van der Waals surface area contributed by atoms with Gasteiger partial charge in [-0.2, -0.15) is 9.90 Å². The van der Waals surface area contributed by atoms with Gasteiger partial charge in [0.1, 0.15) is 6.54 Å². The predicted octanol–water partition coefficient (Wildman–Crippen LogP) is -0.502. The van der Waals surface area contributed by atoms with Crippen LogP contribution in [0, 0.1) is 0 Å². The molecular formula is C12H24N6O3S. The summed E-state index contributed by atoms with van der Waals surface area (Å²) in [6.07, 6.45) is 3.16. The maximum atomic E-state index is 11.7. The van der Waals surface area contributed by atoms with Crippen molar-refractivity contribution in [2.24, 2.45) is 0 Å². The Bertz CT molecular complexity index is 567. The van der Waals surface area contributed by atoms with Crippen LogP contribution >= 0.6 is 0 Å². The second-order valence-electron chi connectivity index (χ2n) is 4.86. The lowest BCUT2D eigenvalue weighted by Crippen LogP contribution is -2.32. The van der Waals surface area contributed by atoms with E-state index in [1.54, 1.807) is 0 Å². The van der Waals surface area contributed by atoms with Crippen LogP contribution in [0.1, 0.15) is 20.3 Å². The normalized spacial score (nSPS) is 11.6. The van der Waals surface area contributed by atoms with Gasteiger partial charge in [-0.3, -0.25) is 9.52 Å². The first kappa shape index (κ1) is 18.4. The van der Waals surface area contributed by atoms with Gasteiger partial charge in [-0.1, -0.05) is 13.8 Å². The molecule has 0 atom stereocenters. The summed E-state index contributed by atoms with van der Waals surface area (Å²) in [5, 5.41) is 10.5. The van der Waals surface area contributed by atoms with Gasteiger partial charge in [0.05, 0.1) is 12.5 Å². The van der Waals surface area contributed by atoms with Crippen LogP contribution in [-0.4, -0.2) is 66.7 Å². The van der Waals surface area contributed by atoms with E-state index in [-0.39, 0.29) is 18.3 Å². The number of hydrogen-bond acceptors (Lipinski definition) is 6. The summed E-state index contributed by atoms with van der Waals surface area (Å²) in [7, 11) is -3.39. The number of nitrogens with one attached hydrogen (secondary N) is 2. The molecule has 22 heavy (non-hydrogen) atoms. The Morgan fingerprint density at radius 3 is 2.64 bits per heavy atom. The molecule has 0 unspecified atom stereocenters. The van der Waals surface area contributed by atoms with E-state index in [4.69, 9.17) is 0 Å². The van der Waals surface area contributed by atoms with Crippen LogP contribution in [0.5, 0.6) is 0 Å². The molecule has 2 N–H and O–H groups in total. The van der Waals surface area contributed by atoms with Crippen LogP contribution in [-0.2, 0) is 21.4 Å². The van der Waals surface area contributed by atoms with Crippen LogP contribution in [0.25, 0.3) is 0 Å². The molecule has 10 heteroatoms. The summed E-state index contributed by atoms with van der Waals surface area (Å²) in [6.45, 7) is 7.69. The highest BCUT2D eigenvalue weighted by Gasteiger charge is 2.09. The molecule has 1 aromatic rings. The third-order valence-electron chi connectivity index (χ3n) is 2.98. The van der Waals surface area contributed by atoms with Crippen LogP contribution in [0.3, 0.4) is 0 Å². The van der Waals surface area contributed by atoms with Crippen molar-refractivity contribution >= 4 is 21.7 Å². The first-order valence-electron chi connectivity index (χ1n) is 7.21. The molecule has 0 aliphatic rings. The molecule has 0 aromatic carbocycles. The number of nitrogens with zero attached hydrogens (tertiary/aromatic N) is 4. The third kappa shape index (κ3) is 7.36. The fourth-order valence-electron chi connectivity index (χ4n) is 1.86. The van der Waals surface area contributed by atoms with Gasteiger partial charge in [-0.25, -0.2) is 8.42 Å². The fraction of sp³-hybridized carbons (Fsp3) is 0.750. The summed E-state index contributed by atoms with van der Waals surface area (Å²) in [5.74, 6) is -0.113. The van der Waals surface area contributed by atoms with E-state index in [9.17, 15) is 13.2 Å². The van der Waals surface area contributed by atoms with E-state index in [0.29, 0.717) is 6.54 Å². The zero-order valence-electron chi connectivity index (χ0n) is 13.2. The van der Waals surface area contributed by atoms with Crippen molar-refractivity contribution in [3.05, 3.63) is 6.20 Å². The van der Waals surface area contributed by atoms with Gasteiger partial charge in [0.25, 0.3) is 0 Å². The number of carbonyl (C=O) groups is 1. The van der Waals surface area contributed by atoms with E-state index >= 15 is 0 Å². The lowest BCUT2D eigenvalue weighted by atomic mass is 10.3. The minimum absolute atomic E-state index is 0.0449. The van der Waals surface area contributed by atoms with Crippen LogP contribution in [0.2, 0.25) is 0 Å². The highest BCUT2D eigenvalue weighted by atomic mass is 32.2. The number of rotatable bonds is 10. The van der Waals surface area contributed by atoms with Gasteiger partial charge in [0, 0.05) is 6.54 Å². The van der Waals surface area contributed by atoms with Crippen LogP contribution in [0.15, 0.2) is 6.20 Å². The van der Waals surface area contributed by atoms with Gasteiger partial charge in [0.15, 0.2) is 5.82 Å². The fourth-order valence-corrected chi connectivity index (χ4v) is 2.34. The SMILES string of the molecule is CCN(CC)CCCNC(=O)Cn1ncc(NS(C)(=O)=O)n1. The van der Waals surface area contributed by atoms with Crippen LogP contribution in [0.4, 0.5) is 5.82 Å². The second-order valence-corrected chi connectivity index (χ2v) is 6.61. The lowest BCUT2D eigenvalue weighted by Gasteiger charge is -2.17. The summed E-state index contributed by atoms with van der Waals surface area (Å²) in [6, 6.07) is 0. The van der Waals surface area contributed by atoms with Crippen molar-refractivity contribution in [1.82, 2.24) is 25.2 Å². The average molecular weight is 332 g/mol. The lowest BCUT2D eigenvalue weighted by molar-refractivity contribution is -0.122. The van der Waals surface area contributed by atoms with E-state index in [1.807, 2.05) is 0 Å². The first-order chi connectivity index (χ1) is 10.3. The molecule has 0 saturated heterocycles. The molecule has 0 bridgehead atoms. The number of carbonyl (C=O) groups excluding carboxylic acids is 1. The second kappa shape index (κ2) is 8.69. The van der Waals surface area contributed by atoms with Crippen molar-refractivity contribution in [3.63, 3.8) is 0 Å². The quantitative estimate of drug-likeness (QED) is 0.559. The molecule has 1 amide bonds. The predicted molar refractivity (Wildman–Crippen MR) is 83.9 cm³/mol. The first-order valence-corrected chi connectivity index (χ1v) is 9.10. The Hall–Kier alpha value is -1.68. The molecule has 0 aliphatic carbocycles. The van der Waals surface area contributed by atoms with E-state index in [1.165, 1.54) is 6.20 Å². The van der Waals surface area contributed by atoms with Gasteiger partial charge in [-0.05, 0) is 26.1 Å². The highest BCUT2D eigenvalue weighted by molar-refractivity contribution is 7.92. The van der Waals surface area contributed by atoms with Crippen molar-refractivity contribution in [3.8, 4) is 0 Å². The molecule has 0 fully saturated rings. The van der Waals surface area contributed by atoms with E-state index in [0.717, 1.165) is 37.1 Å². The maximum Gasteiger partial charge on any atom is 0.243 e. The Morgan fingerprint density at radius 2 is 2.05 bits per heavy atom. The number of amides is 1. The maximum absolute atomic E-state index is 11.7. The molecule has 0 spiro atoms. The van der Waals surface area contributed by atoms with Gasteiger partial charge < -0.3 is 10.2 Å². The average Bonchev–Trinajstić information content (AvgIpc) is 2.83. The van der Waals surface area contributed by atoms with Crippen molar-refractivity contribution in [2.45, 2.75) is 26.8 Å². The van der Waals surface area contributed by atoms with Crippen molar-refractivity contribution in [1.29, 1.82) is 0 Å². The highest BCUT2D eigenvalue weighted by Crippen LogP contribution is 2.00. The van der Waals surface area contributed by atoms with Crippen molar-refractivity contribution < 1.29 is 13.2 Å². The van der Waals surface area contributed by atoms with Gasteiger partial charge in [0.2, 0.25) is 15.9 Å². The number of sulfonamides is 1. The summed E-state index contributed by atoms with van der Waals surface area (Å²) in [4.78, 5) is 15.2. The Morgan fingerprint density at radius 1 is 1.36 bits per heavy atom. The minimum atomic E-state index is -3.39. The summed E-state index contributed by atoms with van der Waals surface area (Å²) in [5.41, 5.74) is 0. The Labute approximate surface area is 131 Å². The zero-order valence-corrected chi connectivity index (χ0v) is 14.1. The van der Waals surface area contributed by atoms with Gasteiger partial charge >= 0.3 is 0 Å². The molecule has 1 rings (SSSR count). The Balaban J connectivity index is 2.30. The van der Waals surface area contributed by atoms with Crippen molar-refractivity contribution in [2.75, 3.05) is 37.2 Å². The third-order valence-corrected chi connectivity index (χ3v) is 3.56. The van der Waals surface area contributed by atoms with E-state index < -0.39 is 10.0 Å². The van der Waals surface area contributed by atoms with E-state index in [2.05, 4.69) is 39.0 Å². The smallest absolute Gasteiger partial charge is 0.243 e. The monoisotopic (exact) mass is 332 g/mol. The standard InChI is InChI=1S/C12H24N6O3S/c1-4-17(5-2)8-6-7-13-12(19)10-18-14-9-11(15-18)16-22(3,20)21/h9H,4-8,10H2,1-3H3,(H,13,19)(H,15,16). The molecular weight excluding hydrogens is 308 g/mol. The molecule has 1 aromatic heterocycles. The summed E-state index contributed by atoms with van der Waals surface area (Å²) >= 11 is 0. The largest absolute Gasteiger partial charge is 0.354 e. The zero-order chi connectivity index (χ0) is 16.6. The topological polar surface area (TPSA) is 109 Å². The number of aromatic nitrogens is 3. The molecule has 126 valence electrons. The number of anilines is 1. The van der Waals surface area contributed by atoms with Gasteiger partial charge in [-0.15, -0.1) is 5.10 Å².